The monoisotopic (exact) mass is 476 g/mol. The molecule has 0 fully saturated rings. The Labute approximate surface area is 177 Å². The van der Waals surface area contributed by atoms with Crippen molar-refractivity contribution in [2.75, 3.05) is 26.0 Å². The van der Waals surface area contributed by atoms with Gasteiger partial charge in [-0.1, -0.05) is 24.3 Å². The molecule has 1 aromatic carbocycles. The Bertz CT molecular complexity index is 895. The van der Waals surface area contributed by atoms with E-state index in [4.69, 9.17) is 4.98 Å². The highest BCUT2D eigenvalue weighted by molar-refractivity contribution is 14.0. The van der Waals surface area contributed by atoms with Gasteiger partial charge in [0.2, 0.25) is 0 Å². The molecular formula is C20H25IN6. The summed E-state index contributed by atoms with van der Waals surface area (Å²) in [6, 6.07) is 16.2. The van der Waals surface area contributed by atoms with E-state index in [2.05, 4.69) is 32.7 Å². The van der Waals surface area contributed by atoms with E-state index in [-0.39, 0.29) is 24.0 Å². The summed E-state index contributed by atoms with van der Waals surface area (Å²) in [5, 5.41) is 7.82. The van der Waals surface area contributed by atoms with E-state index in [0.717, 1.165) is 28.4 Å². The lowest BCUT2D eigenvalue weighted by molar-refractivity contribution is 0.796. The first kappa shape index (κ1) is 20.9. The molecule has 0 aliphatic carbocycles. The smallest absolute Gasteiger partial charge is 0.191 e. The maximum atomic E-state index is 4.70. The zero-order chi connectivity index (χ0) is 18.4. The summed E-state index contributed by atoms with van der Waals surface area (Å²) in [6.45, 7) is 1.28. The zero-order valence-electron chi connectivity index (χ0n) is 15.8. The van der Waals surface area contributed by atoms with Crippen LogP contribution in [0, 0.1) is 0 Å². The third-order valence-corrected chi connectivity index (χ3v) is 4.08. The fraction of sp³-hybridized carbons (Fsp3) is 0.250. The van der Waals surface area contributed by atoms with Gasteiger partial charge in [-0.3, -0.25) is 9.98 Å². The summed E-state index contributed by atoms with van der Waals surface area (Å²) < 4.78 is 0. The molecule has 2 N–H and O–H groups in total. The molecule has 2 heterocycles. The number of rotatable bonds is 5. The number of nitrogens with one attached hydrogen (secondary N) is 2. The highest BCUT2D eigenvalue weighted by atomic mass is 127. The minimum absolute atomic E-state index is 0. The Morgan fingerprint density at radius 1 is 1.04 bits per heavy atom. The standard InChI is InChI=1S/C20H24N6.HI/c1-21-20(24-14-16-8-6-7-11-22-16)23-13-15-12-19(26(2)3)25-18-10-5-4-9-17(15)18;/h4-12H,13-14H2,1-3H3,(H2,21,23,24);1H. The molecule has 0 spiro atoms. The Hall–Kier alpha value is -2.42. The molecule has 0 atom stereocenters. The number of aliphatic imine (C=N–C) groups is 1. The van der Waals surface area contributed by atoms with Crippen LogP contribution in [0.3, 0.4) is 0 Å². The number of hydrogen-bond donors (Lipinski definition) is 2. The van der Waals surface area contributed by atoms with Crippen molar-refractivity contribution in [1.29, 1.82) is 0 Å². The lowest BCUT2D eigenvalue weighted by Crippen LogP contribution is -2.36. The Morgan fingerprint density at radius 3 is 2.48 bits per heavy atom. The molecule has 6 nitrogen and oxygen atoms in total. The summed E-state index contributed by atoms with van der Waals surface area (Å²) >= 11 is 0. The van der Waals surface area contributed by atoms with Crippen LogP contribution in [0.5, 0.6) is 0 Å². The van der Waals surface area contributed by atoms with Crippen LogP contribution in [0.1, 0.15) is 11.3 Å². The van der Waals surface area contributed by atoms with Crippen molar-refractivity contribution >= 4 is 46.7 Å². The van der Waals surface area contributed by atoms with Crippen LogP contribution >= 0.6 is 24.0 Å². The topological polar surface area (TPSA) is 65.4 Å². The maximum absolute atomic E-state index is 4.70. The lowest BCUT2D eigenvalue weighted by Gasteiger charge is -2.17. The van der Waals surface area contributed by atoms with E-state index in [0.29, 0.717) is 13.1 Å². The van der Waals surface area contributed by atoms with Gasteiger partial charge in [0, 0.05) is 39.3 Å². The van der Waals surface area contributed by atoms with E-state index < -0.39 is 0 Å². The Morgan fingerprint density at radius 2 is 1.78 bits per heavy atom. The van der Waals surface area contributed by atoms with Crippen molar-refractivity contribution in [3.05, 3.63) is 66.0 Å². The molecular weight excluding hydrogens is 451 g/mol. The van der Waals surface area contributed by atoms with Crippen LogP contribution in [0.2, 0.25) is 0 Å². The van der Waals surface area contributed by atoms with Crippen LogP contribution in [0.4, 0.5) is 5.82 Å². The summed E-state index contributed by atoms with van der Waals surface area (Å²) in [5.74, 6) is 1.68. The van der Waals surface area contributed by atoms with Crippen LogP contribution in [-0.4, -0.2) is 37.1 Å². The van der Waals surface area contributed by atoms with Crippen molar-refractivity contribution < 1.29 is 0 Å². The van der Waals surface area contributed by atoms with Crippen LogP contribution in [0.25, 0.3) is 10.9 Å². The predicted octanol–water partition coefficient (Wildman–Crippen LogP) is 3.18. The molecule has 0 radical (unpaired) electrons. The molecule has 142 valence electrons. The van der Waals surface area contributed by atoms with Crippen LogP contribution in [-0.2, 0) is 13.1 Å². The number of fused-ring (bicyclic) bond motifs is 1. The summed E-state index contributed by atoms with van der Waals surface area (Å²) in [4.78, 5) is 15.3. The second kappa shape index (κ2) is 10.1. The third-order valence-electron chi connectivity index (χ3n) is 4.08. The van der Waals surface area contributed by atoms with E-state index in [1.807, 2.05) is 55.4 Å². The predicted molar refractivity (Wildman–Crippen MR) is 123 cm³/mol. The van der Waals surface area contributed by atoms with Gasteiger partial charge in [0.25, 0.3) is 0 Å². The second-order valence-electron chi connectivity index (χ2n) is 6.15. The van der Waals surface area contributed by atoms with Gasteiger partial charge in [0.1, 0.15) is 5.82 Å². The third kappa shape index (κ3) is 5.53. The first-order valence-corrected chi connectivity index (χ1v) is 8.58. The van der Waals surface area contributed by atoms with Crippen molar-refractivity contribution in [2.24, 2.45) is 4.99 Å². The normalized spacial score (nSPS) is 11.0. The molecule has 2 aromatic heterocycles. The average molecular weight is 476 g/mol. The molecule has 0 amide bonds. The van der Waals surface area contributed by atoms with Crippen molar-refractivity contribution in [2.45, 2.75) is 13.1 Å². The lowest BCUT2D eigenvalue weighted by atomic mass is 10.1. The van der Waals surface area contributed by atoms with Crippen LogP contribution < -0.4 is 15.5 Å². The number of pyridine rings is 2. The SMILES string of the molecule is CN=C(NCc1ccccn1)NCc1cc(N(C)C)nc2ccccc12.I. The fourth-order valence-corrected chi connectivity index (χ4v) is 2.68. The first-order chi connectivity index (χ1) is 12.7. The van der Waals surface area contributed by atoms with Crippen molar-refractivity contribution in [3.8, 4) is 0 Å². The van der Waals surface area contributed by atoms with Gasteiger partial charge in [0.15, 0.2) is 5.96 Å². The Kier molecular flexibility index (Phi) is 7.78. The van der Waals surface area contributed by atoms with Crippen molar-refractivity contribution in [1.82, 2.24) is 20.6 Å². The van der Waals surface area contributed by atoms with Gasteiger partial charge in [-0.25, -0.2) is 4.98 Å². The average Bonchev–Trinajstić information content (AvgIpc) is 2.68. The largest absolute Gasteiger partial charge is 0.363 e. The molecule has 0 saturated carbocycles. The minimum Gasteiger partial charge on any atom is -0.363 e. The van der Waals surface area contributed by atoms with Crippen molar-refractivity contribution in [3.63, 3.8) is 0 Å². The molecule has 3 aromatic rings. The number of para-hydroxylation sites is 1. The van der Waals surface area contributed by atoms with Gasteiger partial charge in [-0.2, -0.15) is 0 Å². The number of hydrogen-bond acceptors (Lipinski definition) is 4. The quantitative estimate of drug-likeness (QED) is 0.337. The molecule has 0 aliphatic heterocycles. The highest BCUT2D eigenvalue weighted by Gasteiger charge is 2.08. The number of guanidine groups is 1. The number of aromatic nitrogens is 2. The fourth-order valence-electron chi connectivity index (χ4n) is 2.68. The molecule has 3 rings (SSSR count). The summed E-state index contributed by atoms with van der Waals surface area (Å²) in [7, 11) is 5.77. The molecule has 7 heteroatoms. The molecule has 0 saturated heterocycles. The van der Waals surface area contributed by atoms with Gasteiger partial charge < -0.3 is 15.5 Å². The van der Waals surface area contributed by atoms with E-state index in [1.165, 1.54) is 5.56 Å². The molecule has 27 heavy (non-hydrogen) atoms. The number of anilines is 1. The van der Waals surface area contributed by atoms with Gasteiger partial charge >= 0.3 is 0 Å². The van der Waals surface area contributed by atoms with Gasteiger partial charge in [-0.05, 0) is 29.8 Å². The summed E-state index contributed by atoms with van der Waals surface area (Å²) in [6.07, 6.45) is 1.79. The number of halogens is 1. The Balaban J connectivity index is 0.00000261. The molecule has 0 unspecified atom stereocenters. The van der Waals surface area contributed by atoms with Gasteiger partial charge in [0.05, 0.1) is 17.8 Å². The highest BCUT2D eigenvalue weighted by Crippen LogP contribution is 2.21. The summed E-state index contributed by atoms with van der Waals surface area (Å²) in [5.41, 5.74) is 3.15. The van der Waals surface area contributed by atoms with E-state index >= 15 is 0 Å². The van der Waals surface area contributed by atoms with Gasteiger partial charge in [-0.15, -0.1) is 24.0 Å². The van der Waals surface area contributed by atoms with E-state index in [1.54, 1.807) is 13.2 Å². The first-order valence-electron chi connectivity index (χ1n) is 8.58. The molecule has 0 bridgehead atoms. The number of nitrogens with zero attached hydrogens (tertiary/aromatic N) is 4. The number of benzene rings is 1. The van der Waals surface area contributed by atoms with E-state index in [9.17, 15) is 0 Å². The maximum Gasteiger partial charge on any atom is 0.191 e. The molecule has 0 aliphatic rings. The second-order valence-corrected chi connectivity index (χ2v) is 6.15. The van der Waals surface area contributed by atoms with Crippen LogP contribution in [0.15, 0.2) is 59.7 Å². The minimum atomic E-state index is 0. The zero-order valence-corrected chi connectivity index (χ0v) is 18.1.